The Morgan fingerprint density at radius 2 is 2.38 bits per heavy atom. The quantitative estimate of drug-likeness (QED) is 0.840. The number of pyridine rings is 1. The van der Waals surface area contributed by atoms with E-state index >= 15 is 0 Å². The van der Waals surface area contributed by atoms with Crippen LogP contribution in [0.4, 0.5) is 0 Å². The lowest BCUT2D eigenvalue weighted by molar-refractivity contribution is -0.101. The van der Waals surface area contributed by atoms with E-state index in [-0.39, 0.29) is 24.2 Å². The van der Waals surface area contributed by atoms with Gasteiger partial charge in [-0.25, -0.2) is 0 Å². The van der Waals surface area contributed by atoms with Crippen molar-refractivity contribution in [3.63, 3.8) is 0 Å². The normalized spacial score (nSPS) is 29.0. The minimum absolute atomic E-state index is 0.0609. The van der Waals surface area contributed by atoms with Crippen LogP contribution in [-0.2, 0) is 9.47 Å². The maximum atomic E-state index is 12.7. The van der Waals surface area contributed by atoms with Crippen LogP contribution in [0.5, 0.6) is 0 Å². The molecule has 5 nitrogen and oxygen atoms in total. The molecule has 3 rings (SSSR count). The number of ether oxygens (including phenoxy) is 2. The van der Waals surface area contributed by atoms with Crippen molar-refractivity contribution in [3.8, 4) is 0 Å². The van der Waals surface area contributed by atoms with Crippen molar-refractivity contribution in [2.45, 2.75) is 37.5 Å². The van der Waals surface area contributed by atoms with Crippen molar-refractivity contribution in [1.29, 1.82) is 0 Å². The molecule has 2 heterocycles. The molecule has 1 saturated carbocycles. The van der Waals surface area contributed by atoms with E-state index in [1.54, 1.807) is 25.4 Å². The van der Waals surface area contributed by atoms with Gasteiger partial charge < -0.3 is 14.4 Å². The summed E-state index contributed by atoms with van der Waals surface area (Å²) in [6.07, 6.45) is 4.58. The number of hydrogen-bond acceptors (Lipinski definition) is 4. The minimum atomic E-state index is -0.0763. The molecule has 0 N–H and O–H groups in total. The Morgan fingerprint density at radius 1 is 1.52 bits per heavy atom. The third kappa shape index (κ3) is 3.05. The number of aromatic nitrogens is 1. The fourth-order valence-corrected chi connectivity index (χ4v) is 3.37. The topological polar surface area (TPSA) is 51.7 Å². The minimum Gasteiger partial charge on any atom is -0.381 e. The zero-order valence-electron chi connectivity index (χ0n) is 12.0. The highest BCUT2D eigenvalue weighted by atomic mass is 35.5. The Hall–Kier alpha value is -1.17. The highest BCUT2D eigenvalue weighted by Crippen LogP contribution is 2.30. The molecule has 1 aromatic rings. The number of hydrogen-bond donors (Lipinski definition) is 0. The molecule has 0 radical (unpaired) electrons. The summed E-state index contributed by atoms with van der Waals surface area (Å²) in [7, 11) is 1.72. The van der Waals surface area contributed by atoms with Gasteiger partial charge in [0.1, 0.15) is 5.69 Å². The van der Waals surface area contributed by atoms with Crippen LogP contribution in [0.3, 0.4) is 0 Å². The monoisotopic (exact) mass is 310 g/mol. The van der Waals surface area contributed by atoms with Crippen LogP contribution < -0.4 is 0 Å². The van der Waals surface area contributed by atoms with Gasteiger partial charge in [-0.1, -0.05) is 11.6 Å². The van der Waals surface area contributed by atoms with Gasteiger partial charge in [-0.2, -0.15) is 0 Å². The first-order chi connectivity index (χ1) is 10.2. The van der Waals surface area contributed by atoms with Crippen molar-refractivity contribution < 1.29 is 14.3 Å². The molecule has 3 atom stereocenters. The summed E-state index contributed by atoms with van der Waals surface area (Å²) in [5.74, 6) is -0.0763. The van der Waals surface area contributed by atoms with Crippen LogP contribution in [0.25, 0.3) is 0 Å². The molecule has 21 heavy (non-hydrogen) atoms. The first kappa shape index (κ1) is 14.8. The van der Waals surface area contributed by atoms with Gasteiger partial charge in [-0.15, -0.1) is 0 Å². The van der Waals surface area contributed by atoms with Crippen LogP contribution in [-0.4, -0.2) is 54.3 Å². The van der Waals surface area contributed by atoms with Crippen LogP contribution in [0.1, 0.15) is 29.8 Å². The van der Waals surface area contributed by atoms with Gasteiger partial charge >= 0.3 is 0 Å². The van der Waals surface area contributed by atoms with E-state index in [0.29, 0.717) is 23.9 Å². The molecule has 1 aliphatic carbocycles. The second-order valence-corrected chi connectivity index (χ2v) is 5.94. The average molecular weight is 311 g/mol. The fraction of sp³-hybridized carbons (Fsp3) is 0.600. The molecule has 1 aliphatic heterocycles. The van der Waals surface area contributed by atoms with Gasteiger partial charge in [-0.3, -0.25) is 9.78 Å². The van der Waals surface area contributed by atoms with Crippen molar-refractivity contribution >= 4 is 17.5 Å². The van der Waals surface area contributed by atoms with Crippen LogP contribution in [0, 0.1) is 0 Å². The van der Waals surface area contributed by atoms with E-state index in [9.17, 15) is 4.79 Å². The van der Waals surface area contributed by atoms with Crippen molar-refractivity contribution in [2.75, 3.05) is 20.3 Å². The molecule has 2 aliphatic rings. The third-order valence-electron chi connectivity index (χ3n) is 4.31. The zero-order chi connectivity index (χ0) is 14.8. The van der Waals surface area contributed by atoms with E-state index in [0.717, 1.165) is 19.3 Å². The summed E-state index contributed by atoms with van der Waals surface area (Å²) in [6, 6.07) is 3.35. The van der Waals surface area contributed by atoms with Gasteiger partial charge in [-0.05, 0) is 31.4 Å². The molecule has 1 amide bonds. The summed E-state index contributed by atoms with van der Waals surface area (Å²) in [5.41, 5.74) is 0.391. The number of carbonyl (C=O) groups is 1. The Labute approximate surface area is 129 Å². The van der Waals surface area contributed by atoms with Crippen molar-refractivity contribution in [3.05, 3.63) is 29.0 Å². The van der Waals surface area contributed by atoms with Crippen LogP contribution in [0.15, 0.2) is 18.3 Å². The maximum absolute atomic E-state index is 12.7. The lowest BCUT2D eigenvalue weighted by Crippen LogP contribution is -2.57. The number of morpholine rings is 1. The Kier molecular flexibility index (Phi) is 4.42. The predicted octanol–water partition coefficient (Wildman–Crippen LogP) is 2.14. The molecule has 0 aromatic carbocycles. The summed E-state index contributed by atoms with van der Waals surface area (Å²) in [4.78, 5) is 18.7. The highest BCUT2D eigenvalue weighted by Gasteiger charge is 2.40. The van der Waals surface area contributed by atoms with Gasteiger partial charge in [0.05, 0.1) is 24.9 Å². The van der Waals surface area contributed by atoms with E-state index in [1.807, 2.05) is 4.90 Å². The molecule has 1 aromatic heterocycles. The molecular formula is C15H19ClN2O3. The second-order valence-electron chi connectivity index (χ2n) is 5.51. The van der Waals surface area contributed by atoms with Crippen molar-refractivity contribution in [2.24, 2.45) is 0 Å². The highest BCUT2D eigenvalue weighted by molar-refractivity contribution is 6.30. The standard InChI is InChI=1S/C15H19ClN2O3/c1-20-11-2-3-14-13(9-11)18(6-7-21-14)15(19)12-8-10(16)4-5-17-12/h4-5,8,11,13-14H,2-3,6-7,9H2,1H3/t11-,13-,14-/m1/s1. The van der Waals surface area contributed by atoms with E-state index < -0.39 is 0 Å². The predicted molar refractivity (Wildman–Crippen MR) is 78.5 cm³/mol. The SMILES string of the molecule is CO[C@@H]1CC[C@H]2OCCN(C(=O)c3cc(Cl)ccn3)[C@@H]2C1. The number of carbonyl (C=O) groups excluding carboxylic acids is 1. The second kappa shape index (κ2) is 6.30. The van der Waals surface area contributed by atoms with E-state index in [2.05, 4.69) is 4.98 Å². The molecule has 6 heteroatoms. The van der Waals surface area contributed by atoms with Gasteiger partial charge in [0.2, 0.25) is 0 Å². The molecule has 114 valence electrons. The third-order valence-corrected chi connectivity index (χ3v) is 4.54. The summed E-state index contributed by atoms with van der Waals surface area (Å²) in [6.45, 7) is 1.16. The Morgan fingerprint density at radius 3 is 3.14 bits per heavy atom. The first-order valence-electron chi connectivity index (χ1n) is 7.26. The number of nitrogens with zero attached hydrogens (tertiary/aromatic N) is 2. The number of rotatable bonds is 2. The largest absolute Gasteiger partial charge is 0.381 e. The molecular weight excluding hydrogens is 292 g/mol. The molecule has 2 fully saturated rings. The average Bonchev–Trinajstić information content (AvgIpc) is 2.53. The van der Waals surface area contributed by atoms with Crippen LogP contribution in [0.2, 0.25) is 5.02 Å². The van der Waals surface area contributed by atoms with Gasteiger partial charge in [0.15, 0.2) is 0 Å². The Balaban J connectivity index is 1.80. The number of halogens is 1. The fourth-order valence-electron chi connectivity index (χ4n) is 3.21. The summed E-state index contributed by atoms with van der Waals surface area (Å²) < 4.78 is 11.3. The molecule has 0 unspecified atom stereocenters. The number of fused-ring (bicyclic) bond motifs is 1. The molecule has 1 saturated heterocycles. The van der Waals surface area contributed by atoms with Gasteiger partial charge in [0, 0.05) is 24.9 Å². The number of methoxy groups -OCH3 is 1. The lowest BCUT2D eigenvalue weighted by atomic mass is 9.87. The van der Waals surface area contributed by atoms with Crippen molar-refractivity contribution in [1.82, 2.24) is 9.88 Å². The zero-order valence-corrected chi connectivity index (χ0v) is 12.8. The molecule has 0 bridgehead atoms. The smallest absolute Gasteiger partial charge is 0.272 e. The number of amides is 1. The van der Waals surface area contributed by atoms with Gasteiger partial charge in [0.25, 0.3) is 5.91 Å². The van der Waals surface area contributed by atoms with E-state index in [1.165, 1.54) is 0 Å². The summed E-state index contributed by atoms with van der Waals surface area (Å²) in [5, 5.41) is 0.525. The molecule has 0 spiro atoms. The van der Waals surface area contributed by atoms with Crippen LogP contribution >= 0.6 is 11.6 Å². The summed E-state index contributed by atoms with van der Waals surface area (Å²) >= 11 is 5.96. The van der Waals surface area contributed by atoms with E-state index in [4.69, 9.17) is 21.1 Å². The lowest BCUT2D eigenvalue weighted by Gasteiger charge is -2.45. The first-order valence-corrected chi connectivity index (χ1v) is 7.63. The maximum Gasteiger partial charge on any atom is 0.272 e. The Bertz CT molecular complexity index is 525.